The zero-order valence-electron chi connectivity index (χ0n) is 31.0. The van der Waals surface area contributed by atoms with E-state index in [0.29, 0.717) is 0 Å². The van der Waals surface area contributed by atoms with Crippen LogP contribution in [-0.4, -0.2) is 0 Å². The third kappa shape index (κ3) is 4.96. The molecule has 0 aliphatic carbocycles. The minimum absolute atomic E-state index is 0.912. The molecule has 0 saturated carbocycles. The van der Waals surface area contributed by atoms with Crippen molar-refractivity contribution in [3.05, 3.63) is 206 Å². The molecule has 0 aliphatic heterocycles. The molecule has 12 aromatic rings. The summed E-state index contributed by atoms with van der Waals surface area (Å²) in [4.78, 5) is 0. The highest BCUT2D eigenvalue weighted by Gasteiger charge is 2.18. The van der Waals surface area contributed by atoms with Crippen molar-refractivity contribution >= 4 is 75.8 Å². The van der Waals surface area contributed by atoms with Crippen LogP contribution in [0.25, 0.3) is 120 Å². The lowest BCUT2D eigenvalue weighted by molar-refractivity contribution is 0.670. The quantitative estimate of drug-likeness (QED) is 0.165. The smallest absolute Gasteiger partial charge is 0.136 e. The van der Waals surface area contributed by atoms with E-state index in [1.807, 2.05) is 0 Å². The third-order valence-electron chi connectivity index (χ3n) is 12.0. The van der Waals surface area contributed by atoms with E-state index in [4.69, 9.17) is 4.42 Å². The van der Waals surface area contributed by atoms with Crippen LogP contribution in [0, 0.1) is 0 Å². The maximum Gasteiger partial charge on any atom is 0.136 e. The first-order chi connectivity index (χ1) is 28.3. The molecule has 1 heterocycles. The van der Waals surface area contributed by atoms with Gasteiger partial charge < -0.3 is 4.42 Å². The van der Waals surface area contributed by atoms with Gasteiger partial charge in [0.15, 0.2) is 0 Å². The van der Waals surface area contributed by atoms with Gasteiger partial charge in [0, 0.05) is 10.8 Å². The van der Waals surface area contributed by atoms with Crippen LogP contribution in [0.5, 0.6) is 0 Å². The molecular weight excluding hydrogens is 689 g/mol. The van der Waals surface area contributed by atoms with Gasteiger partial charge in [0.25, 0.3) is 0 Å². The molecule has 1 aromatic heterocycles. The summed E-state index contributed by atoms with van der Waals surface area (Å²) in [7, 11) is 0. The van der Waals surface area contributed by atoms with Gasteiger partial charge in [0.2, 0.25) is 0 Å². The maximum absolute atomic E-state index is 6.54. The molecule has 12 rings (SSSR count). The Morgan fingerprint density at radius 1 is 0.246 bits per heavy atom. The van der Waals surface area contributed by atoms with Crippen molar-refractivity contribution in [2.75, 3.05) is 0 Å². The normalized spacial score (nSPS) is 11.9. The molecule has 57 heavy (non-hydrogen) atoms. The highest BCUT2D eigenvalue weighted by Crippen LogP contribution is 2.45. The SMILES string of the molecule is c1cc(-c2cccc3cc4c(cc23)oc2ccc3ccccc3c24)cc(-c2c3ccccc3c(-c3ccc(-c4cccc5ccccc45)cc3)c3ccccc23)c1. The summed E-state index contributed by atoms with van der Waals surface area (Å²) in [6.07, 6.45) is 0. The molecule has 1 heteroatoms. The van der Waals surface area contributed by atoms with E-state index >= 15 is 0 Å². The fourth-order valence-corrected chi connectivity index (χ4v) is 9.46. The van der Waals surface area contributed by atoms with Gasteiger partial charge in [-0.3, -0.25) is 0 Å². The first kappa shape index (κ1) is 31.8. The van der Waals surface area contributed by atoms with Crippen LogP contribution in [0.15, 0.2) is 211 Å². The Kier molecular flexibility index (Phi) is 7.00. The molecule has 11 aromatic carbocycles. The Morgan fingerprint density at radius 3 is 1.46 bits per heavy atom. The Labute approximate surface area is 329 Å². The molecule has 0 bridgehead atoms. The van der Waals surface area contributed by atoms with Crippen LogP contribution < -0.4 is 0 Å². The summed E-state index contributed by atoms with van der Waals surface area (Å²) < 4.78 is 6.54. The van der Waals surface area contributed by atoms with Crippen molar-refractivity contribution in [3.63, 3.8) is 0 Å². The topological polar surface area (TPSA) is 13.1 Å². The van der Waals surface area contributed by atoms with Gasteiger partial charge in [0.1, 0.15) is 11.2 Å². The van der Waals surface area contributed by atoms with E-state index in [1.54, 1.807) is 0 Å². The molecule has 0 N–H and O–H groups in total. The number of hydrogen-bond acceptors (Lipinski definition) is 1. The van der Waals surface area contributed by atoms with Gasteiger partial charge in [-0.25, -0.2) is 0 Å². The summed E-state index contributed by atoms with van der Waals surface area (Å²) in [5, 5.41) is 14.7. The standard InChI is InChI=1S/C56H34O/c1-3-18-42-35(12-1)14-10-24-43(42)37-26-28-38(29-27-37)54-46-20-5-7-22-48(46)55(49-23-8-6-21-47(49)54)41-17-9-15-39(32-41)44-25-11-16-40-33-51-53(34-50(40)44)57-52-31-30-36-13-2-4-19-45(36)56(51)52/h1-34H. The minimum Gasteiger partial charge on any atom is -0.456 e. The lowest BCUT2D eigenvalue weighted by Crippen LogP contribution is -1.91. The van der Waals surface area contributed by atoms with Gasteiger partial charge in [-0.2, -0.15) is 0 Å². The highest BCUT2D eigenvalue weighted by molar-refractivity contribution is 6.23. The van der Waals surface area contributed by atoms with Gasteiger partial charge in [-0.15, -0.1) is 0 Å². The summed E-state index contributed by atoms with van der Waals surface area (Å²) in [5.41, 5.74) is 11.6. The van der Waals surface area contributed by atoms with Crippen molar-refractivity contribution < 1.29 is 4.42 Å². The van der Waals surface area contributed by atoms with Crippen LogP contribution in [0.3, 0.4) is 0 Å². The van der Waals surface area contributed by atoms with Gasteiger partial charge in [-0.05, 0) is 123 Å². The molecule has 0 fully saturated rings. The predicted octanol–water partition coefficient (Wildman–Crippen LogP) is 16.0. The fraction of sp³-hybridized carbons (Fsp3) is 0. The summed E-state index contributed by atoms with van der Waals surface area (Å²) >= 11 is 0. The summed E-state index contributed by atoms with van der Waals surface area (Å²) in [5.74, 6) is 0. The Morgan fingerprint density at radius 2 is 0.754 bits per heavy atom. The average molecular weight is 723 g/mol. The molecular formula is C56H34O. The fourth-order valence-electron chi connectivity index (χ4n) is 9.46. The van der Waals surface area contributed by atoms with Crippen LogP contribution in [-0.2, 0) is 0 Å². The first-order valence-corrected chi connectivity index (χ1v) is 19.7. The van der Waals surface area contributed by atoms with Gasteiger partial charge in [-0.1, -0.05) is 182 Å². The zero-order chi connectivity index (χ0) is 37.5. The third-order valence-corrected chi connectivity index (χ3v) is 12.0. The summed E-state index contributed by atoms with van der Waals surface area (Å²) in [6.45, 7) is 0. The lowest BCUT2D eigenvalue weighted by atomic mass is 9.85. The second-order valence-electron chi connectivity index (χ2n) is 15.2. The molecule has 0 unspecified atom stereocenters. The van der Waals surface area contributed by atoms with E-state index in [1.165, 1.54) is 104 Å². The number of fused-ring (bicyclic) bond motifs is 9. The Balaban J connectivity index is 1.02. The average Bonchev–Trinajstić information content (AvgIpc) is 3.65. The van der Waals surface area contributed by atoms with Crippen LogP contribution in [0.1, 0.15) is 0 Å². The van der Waals surface area contributed by atoms with E-state index in [9.17, 15) is 0 Å². The molecule has 0 amide bonds. The molecule has 264 valence electrons. The Hall–Kier alpha value is -7.48. The second kappa shape index (κ2) is 12.5. The van der Waals surface area contributed by atoms with Crippen LogP contribution >= 0.6 is 0 Å². The predicted molar refractivity (Wildman–Crippen MR) is 243 cm³/mol. The summed E-state index contributed by atoms with van der Waals surface area (Å²) in [6, 6.07) is 75.3. The zero-order valence-corrected chi connectivity index (χ0v) is 31.0. The van der Waals surface area contributed by atoms with Crippen molar-refractivity contribution in [2.24, 2.45) is 0 Å². The van der Waals surface area contributed by atoms with Crippen LogP contribution in [0.2, 0.25) is 0 Å². The molecule has 0 aliphatic rings. The number of hydrogen-bond donors (Lipinski definition) is 0. The van der Waals surface area contributed by atoms with Crippen molar-refractivity contribution in [2.45, 2.75) is 0 Å². The minimum atomic E-state index is 0.912. The van der Waals surface area contributed by atoms with E-state index < -0.39 is 0 Å². The number of benzene rings is 11. The molecule has 0 atom stereocenters. The molecule has 1 nitrogen and oxygen atoms in total. The first-order valence-electron chi connectivity index (χ1n) is 19.7. The number of rotatable bonds is 4. The van der Waals surface area contributed by atoms with Crippen molar-refractivity contribution in [3.8, 4) is 44.5 Å². The lowest BCUT2D eigenvalue weighted by Gasteiger charge is -2.18. The highest BCUT2D eigenvalue weighted by atomic mass is 16.3. The molecule has 0 radical (unpaired) electrons. The van der Waals surface area contributed by atoms with Crippen LogP contribution in [0.4, 0.5) is 0 Å². The van der Waals surface area contributed by atoms with Crippen molar-refractivity contribution in [1.29, 1.82) is 0 Å². The number of furan rings is 1. The second-order valence-corrected chi connectivity index (χ2v) is 15.2. The largest absolute Gasteiger partial charge is 0.456 e. The van der Waals surface area contributed by atoms with E-state index in [0.717, 1.165) is 16.6 Å². The van der Waals surface area contributed by atoms with E-state index in [2.05, 4.69) is 206 Å². The Bertz CT molecular complexity index is 3510. The van der Waals surface area contributed by atoms with E-state index in [-0.39, 0.29) is 0 Å². The monoisotopic (exact) mass is 722 g/mol. The van der Waals surface area contributed by atoms with Crippen molar-refractivity contribution in [1.82, 2.24) is 0 Å². The maximum atomic E-state index is 6.54. The van der Waals surface area contributed by atoms with Gasteiger partial charge >= 0.3 is 0 Å². The molecule has 0 saturated heterocycles. The van der Waals surface area contributed by atoms with Gasteiger partial charge in [0.05, 0.1) is 0 Å². The molecule has 0 spiro atoms.